The van der Waals surface area contributed by atoms with E-state index in [4.69, 9.17) is 0 Å². The highest BCUT2D eigenvalue weighted by molar-refractivity contribution is 7.90. The SMILES string of the molecule is C=C1CCC(C(=O)NS(=O)(=O)c2ccc(C(=O)N3CCC4(CCN(C)C4=O)CC3)cc2C)CC1. The van der Waals surface area contributed by atoms with Gasteiger partial charge in [-0.2, -0.15) is 0 Å². The van der Waals surface area contributed by atoms with Gasteiger partial charge in [0, 0.05) is 38.2 Å². The number of nitrogens with one attached hydrogen (secondary N) is 1. The van der Waals surface area contributed by atoms with Gasteiger partial charge in [0.25, 0.3) is 15.9 Å². The van der Waals surface area contributed by atoms with Crippen LogP contribution in [0.1, 0.15) is 60.9 Å². The Kier molecular flexibility index (Phi) is 6.59. The monoisotopic (exact) mass is 487 g/mol. The minimum absolute atomic E-state index is 0.00481. The van der Waals surface area contributed by atoms with Gasteiger partial charge in [0.05, 0.1) is 10.3 Å². The van der Waals surface area contributed by atoms with Crippen LogP contribution in [0.25, 0.3) is 0 Å². The molecule has 184 valence electrons. The van der Waals surface area contributed by atoms with E-state index in [1.165, 1.54) is 12.1 Å². The van der Waals surface area contributed by atoms with Crippen LogP contribution in [0.3, 0.4) is 0 Å². The van der Waals surface area contributed by atoms with Crippen LogP contribution in [0.4, 0.5) is 0 Å². The van der Waals surface area contributed by atoms with Crippen LogP contribution in [-0.2, 0) is 19.6 Å². The second-order valence-corrected chi connectivity index (χ2v) is 11.7. The number of allylic oxidation sites excluding steroid dienone is 1. The molecule has 0 aromatic heterocycles. The molecule has 8 nitrogen and oxygen atoms in total. The largest absolute Gasteiger partial charge is 0.345 e. The predicted octanol–water partition coefficient (Wildman–Crippen LogP) is 2.63. The number of rotatable bonds is 4. The van der Waals surface area contributed by atoms with Crippen molar-refractivity contribution in [3.63, 3.8) is 0 Å². The molecule has 1 N–H and O–H groups in total. The van der Waals surface area contributed by atoms with Crippen molar-refractivity contribution in [2.24, 2.45) is 11.3 Å². The molecular formula is C25H33N3O5S. The van der Waals surface area contributed by atoms with Crippen LogP contribution in [0.15, 0.2) is 35.2 Å². The van der Waals surface area contributed by atoms with Crippen LogP contribution in [0.2, 0.25) is 0 Å². The summed E-state index contributed by atoms with van der Waals surface area (Å²) in [5.41, 5.74) is 1.56. The van der Waals surface area contributed by atoms with Crippen molar-refractivity contribution in [2.45, 2.75) is 56.8 Å². The predicted molar refractivity (Wildman–Crippen MR) is 127 cm³/mol. The van der Waals surface area contributed by atoms with E-state index in [9.17, 15) is 22.8 Å². The number of carbonyl (C=O) groups excluding carboxylic acids is 3. The average Bonchev–Trinajstić information content (AvgIpc) is 3.07. The lowest BCUT2D eigenvalue weighted by atomic mass is 9.77. The summed E-state index contributed by atoms with van der Waals surface area (Å²) in [6.07, 6.45) is 4.79. The number of hydrogen-bond donors (Lipinski definition) is 1. The molecule has 1 aromatic carbocycles. The summed E-state index contributed by atoms with van der Waals surface area (Å²) in [6.45, 7) is 7.31. The maximum Gasteiger partial charge on any atom is 0.264 e. The van der Waals surface area contributed by atoms with E-state index in [1.807, 2.05) is 7.05 Å². The molecular weight excluding hydrogens is 454 g/mol. The lowest BCUT2D eigenvalue weighted by molar-refractivity contribution is -0.137. The minimum Gasteiger partial charge on any atom is -0.345 e. The number of aryl methyl sites for hydroxylation is 1. The number of amides is 3. The molecule has 2 heterocycles. The molecule has 3 amide bonds. The van der Waals surface area contributed by atoms with Crippen molar-refractivity contribution in [1.82, 2.24) is 14.5 Å². The first-order valence-electron chi connectivity index (χ1n) is 11.9. The number of benzene rings is 1. The third-order valence-electron chi connectivity index (χ3n) is 7.74. The van der Waals surface area contributed by atoms with E-state index in [-0.39, 0.29) is 28.0 Å². The number of hydrogen-bond acceptors (Lipinski definition) is 5. The third-order valence-corrected chi connectivity index (χ3v) is 9.25. The molecule has 0 bridgehead atoms. The smallest absolute Gasteiger partial charge is 0.264 e. The maximum atomic E-state index is 13.1. The lowest BCUT2D eigenvalue weighted by Crippen LogP contribution is -2.46. The quantitative estimate of drug-likeness (QED) is 0.658. The number of piperidine rings is 1. The Labute approximate surface area is 201 Å². The van der Waals surface area contributed by atoms with E-state index < -0.39 is 15.9 Å². The van der Waals surface area contributed by atoms with Gasteiger partial charge in [0.2, 0.25) is 11.8 Å². The zero-order chi connectivity index (χ0) is 24.7. The van der Waals surface area contributed by atoms with Gasteiger partial charge < -0.3 is 9.80 Å². The fourth-order valence-electron chi connectivity index (χ4n) is 5.42. The fraction of sp³-hybridized carbons (Fsp3) is 0.560. The van der Waals surface area contributed by atoms with Crippen LogP contribution in [0.5, 0.6) is 0 Å². The molecule has 0 radical (unpaired) electrons. The molecule has 0 atom stereocenters. The minimum atomic E-state index is -4.04. The molecule has 0 unspecified atom stereocenters. The van der Waals surface area contributed by atoms with Crippen molar-refractivity contribution in [3.8, 4) is 0 Å². The van der Waals surface area contributed by atoms with Crippen LogP contribution >= 0.6 is 0 Å². The van der Waals surface area contributed by atoms with Gasteiger partial charge in [-0.1, -0.05) is 12.2 Å². The zero-order valence-corrected chi connectivity index (χ0v) is 20.7. The van der Waals surface area contributed by atoms with Gasteiger partial charge in [-0.15, -0.1) is 0 Å². The van der Waals surface area contributed by atoms with Crippen LogP contribution < -0.4 is 4.72 Å². The van der Waals surface area contributed by atoms with E-state index in [0.717, 1.165) is 31.4 Å². The summed E-state index contributed by atoms with van der Waals surface area (Å²) < 4.78 is 28.0. The number of nitrogens with zero attached hydrogens (tertiary/aromatic N) is 2. The second kappa shape index (κ2) is 9.17. The van der Waals surface area contributed by atoms with Crippen molar-refractivity contribution in [1.29, 1.82) is 0 Å². The van der Waals surface area contributed by atoms with Gasteiger partial charge in [-0.25, -0.2) is 13.1 Å². The molecule has 2 aliphatic heterocycles. The third kappa shape index (κ3) is 4.62. The van der Waals surface area contributed by atoms with E-state index >= 15 is 0 Å². The first-order valence-corrected chi connectivity index (χ1v) is 13.4. The Morgan fingerprint density at radius 3 is 2.26 bits per heavy atom. The summed E-state index contributed by atoms with van der Waals surface area (Å²) in [5, 5.41) is 0. The van der Waals surface area contributed by atoms with Gasteiger partial charge in [0.1, 0.15) is 0 Å². The Morgan fingerprint density at radius 1 is 1.09 bits per heavy atom. The highest BCUT2D eigenvalue weighted by atomic mass is 32.2. The molecule has 4 rings (SSSR count). The van der Waals surface area contributed by atoms with E-state index in [1.54, 1.807) is 22.8 Å². The molecule has 1 aromatic rings. The molecule has 1 aliphatic carbocycles. The van der Waals surface area contributed by atoms with E-state index in [0.29, 0.717) is 49.9 Å². The number of likely N-dealkylation sites (tertiary alicyclic amines) is 2. The van der Waals surface area contributed by atoms with E-state index in [2.05, 4.69) is 11.3 Å². The van der Waals surface area contributed by atoms with Gasteiger partial charge in [-0.05, 0) is 75.6 Å². The van der Waals surface area contributed by atoms with Crippen LogP contribution in [0, 0.1) is 18.3 Å². The Bertz CT molecular complexity index is 1130. The average molecular weight is 488 g/mol. The highest BCUT2D eigenvalue weighted by Crippen LogP contribution is 2.41. The molecule has 9 heteroatoms. The Hall–Kier alpha value is -2.68. The van der Waals surface area contributed by atoms with Crippen molar-refractivity contribution >= 4 is 27.7 Å². The fourth-order valence-corrected chi connectivity index (χ4v) is 6.69. The summed E-state index contributed by atoms with van der Waals surface area (Å²) >= 11 is 0. The van der Waals surface area contributed by atoms with Crippen molar-refractivity contribution in [3.05, 3.63) is 41.5 Å². The number of sulfonamides is 1. The molecule has 3 fully saturated rings. The molecule has 2 saturated heterocycles. The van der Waals surface area contributed by atoms with Gasteiger partial charge >= 0.3 is 0 Å². The zero-order valence-electron chi connectivity index (χ0n) is 19.9. The van der Waals surface area contributed by atoms with Gasteiger partial charge in [0.15, 0.2) is 0 Å². The number of carbonyl (C=O) groups is 3. The standard InChI is InChI=1S/C25H33N3O5S/c1-17-4-6-19(7-5-17)22(29)26-34(32,33)21-9-8-20(16-18(21)2)23(30)28-14-11-25(12-15-28)10-13-27(3)24(25)31/h8-9,16,19H,1,4-7,10-15H2,2-3H3,(H,26,29). The first-order chi connectivity index (χ1) is 16.0. The molecule has 34 heavy (non-hydrogen) atoms. The summed E-state index contributed by atoms with van der Waals surface area (Å²) in [4.78, 5) is 41.6. The summed E-state index contributed by atoms with van der Waals surface area (Å²) in [7, 11) is -2.21. The molecule has 1 spiro atoms. The van der Waals surface area contributed by atoms with Gasteiger partial charge in [-0.3, -0.25) is 14.4 Å². The summed E-state index contributed by atoms with van der Waals surface area (Å²) in [5.74, 6) is -0.825. The normalized spacial score (nSPS) is 21.2. The van der Waals surface area contributed by atoms with Crippen molar-refractivity contribution in [2.75, 3.05) is 26.7 Å². The summed E-state index contributed by atoms with van der Waals surface area (Å²) in [6, 6.07) is 4.45. The topological polar surface area (TPSA) is 104 Å². The Morgan fingerprint density at radius 2 is 1.71 bits per heavy atom. The second-order valence-electron chi connectivity index (χ2n) is 10.0. The lowest BCUT2D eigenvalue weighted by Gasteiger charge is -2.37. The van der Waals surface area contributed by atoms with Crippen molar-refractivity contribution < 1.29 is 22.8 Å². The Balaban J connectivity index is 1.41. The van der Waals surface area contributed by atoms with Crippen LogP contribution in [-0.4, -0.2) is 62.6 Å². The molecule has 1 saturated carbocycles. The maximum absolute atomic E-state index is 13.1. The highest BCUT2D eigenvalue weighted by Gasteiger charge is 2.47. The molecule has 3 aliphatic rings. The first kappa shape index (κ1) is 24.4.